The van der Waals surface area contributed by atoms with Crippen LogP contribution in [-0.2, 0) is 17.5 Å². The standard InChI is InChI=1S/C10H7ClF3N5O/c11-6-1-2-8(7(3-6)10(12,13)14)16-9(20)4-19-5-15-17-18-19/h1-3,5H,4H2,(H,16,20). The predicted octanol–water partition coefficient (Wildman–Crippen LogP) is 1.98. The van der Waals surface area contributed by atoms with Gasteiger partial charge in [-0.25, -0.2) is 4.68 Å². The van der Waals surface area contributed by atoms with E-state index >= 15 is 0 Å². The second-order valence-electron chi connectivity index (χ2n) is 3.74. The molecule has 10 heteroatoms. The summed E-state index contributed by atoms with van der Waals surface area (Å²) in [4.78, 5) is 11.6. The van der Waals surface area contributed by atoms with Crippen LogP contribution in [0.25, 0.3) is 0 Å². The van der Waals surface area contributed by atoms with Gasteiger partial charge in [-0.2, -0.15) is 13.2 Å². The normalized spacial score (nSPS) is 11.4. The zero-order valence-corrected chi connectivity index (χ0v) is 10.5. The van der Waals surface area contributed by atoms with Crippen molar-refractivity contribution in [2.45, 2.75) is 12.7 Å². The molecule has 0 aliphatic rings. The van der Waals surface area contributed by atoms with Crippen LogP contribution in [0.1, 0.15) is 5.56 Å². The molecule has 6 nitrogen and oxygen atoms in total. The van der Waals surface area contributed by atoms with Gasteiger partial charge in [-0.15, -0.1) is 5.10 Å². The number of aromatic nitrogens is 4. The quantitative estimate of drug-likeness (QED) is 0.941. The van der Waals surface area contributed by atoms with Gasteiger partial charge in [-0.1, -0.05) is 11.6 Å². The van der Waals surface area contributed by atoms with Crippen molar-refractivity contribution in [3.63, 3.8) is 0 Å². The number of tetrazole rings is 1. The fourth-order valence-electron chi connectivity index (χ4n) is 1.45. The van der Waals surface area contributed by atoms with Gasteiger partial charge in [0.1, 0.15) is 12.9 Å². The summed E-state index contributed by atoms with van der Waals surface area (Å²) in [5, 5.41) is 12.1. The highest BCUT2D eigenvalue weighted by atomic mass is 35.5. The first-order chi connectivity index (χ1) is 9.36. The molecule has 0 aliphatic carbocycles. The number of rotatable bonds is 3. The summed E-state index contributed by atoms with van der Waals surface area (Å²) in [5.41, 5.74) is -1.39. The van der Waals surface area contributed by atoms with Gasteiger partial charge < -0.3 is 5.32 Å². The lowest BCUT2D eigenvalue weighted by atomic mass is 10.1. The van der Waals surface area contributed by atoms with E-state index in [1.807, 2.05) is 0 Å². The zero-order chi connectivity index (χ0) is 14.8. The maximum atomic E-state index is 12.8. The monoisotopic (exact) mass is 305 g/mol. The summed E-state index contributed by atoms with van der Waals surface area (Å²) in [7, 11) is 0. The topological polar surface area (TPSA) is 72.7 Å². The smallest absolute Gasteiger partial charge is 0.324 e. The Bertz CT molecular complexity index is 614. The van der Waals surface area contributed by atoms with Gasteiger partial charge >= 0.3 is 6.18 Å². The third-order valence-electron chi connectivity index (χ3n) is 2.26. The van der Waals surface area contributed by atoms with Gasteiger partial charge in [0.05, 0.1) is 11.3 Å². The Morgan fingerprint density at radius 2 is 2.15 bits per heavy atom. The van der Waals surface area contributed by atoms with Crippen LogP contribution in [-0.4, -0.2) is 26.1 Å². The largest absolute Gasteiger partial charge is 0.418 e. The maximum Gasteiger partial charge on any atom is 0.418 e. The molecule has 0 saturated heterocycles. The van der Waals surface area contributed by atoms with E-state index in [4.69, 9.17) is 11.6 Å². The number of alkyl halides is 3. The number of nitrogens with zero attached hydrogens (tertiary/aromatic N) is 4. The summed E-state index contributed by atoms with van der Waals surface area (Å²) in [6.45, 7) is -0.299. The molecule has 0 radical (unpaired) electrons. The second kappa shape index (κ2) is 5.45. The van der Waals surface area contributed by atoms with Crippen molar-refractivity contribution in [1.82, 2.24) is 20.2 Å². The number of carbonyl (C=O) groups excluding carboxylic acids is 1. The molecule has 1 aromatic heterocycles. The SMILES string of the molecule is O=C(Cn1cnnn1)Nc1ccc(Cl)cc1C(F)(F)F. The fourth-order valence-corrected chi connectivity index (χ4v) is 1.62. The molecule has 0 unspecified atom stereocenters. The van der Waals surface area contributed by atoms with Crippen LogP contribution in [0.15, 0.2) is 24.5 Å². The van der Waals surface area contributed by atoms with Crippen LogP contribution in [0.4, 0.5) is 18.9 Å². The summed E-state index contributed by atoms with van der Waals surface area (Å²) in [5.74, 6) is -0.690. The highest BCUT2D eigenvalue weighted by molar-refractivity contribution is 6.30. The van der Waals surface area contributed by atoms with Gasteiger partial charge in [0.2, 0.25) is 5.91 Å². The van der Waals surface area contributed by atoms with Gasteiger partial charge in [0.25, 0.3) is 0 Å². The van der Waals surface area contributed by atoms with Crippen LogP contribution in [0, 0.1) is 0 Å². The summed E-state index contributed by atoms with van der Waals surface area (Å²) < 4.78 is 39.5. The number of benzene rings is 1. The number of hydrogen-bond donors (Lipinski definition) is 1. The first-order valence-electron chi connectivity index (χ1n) is 5.23. The molecule has 1 N–H and O–H groups in total. The Balaban J connectivity index is 2.19. The van der Waals surface area contributed by atoms with E-state index in [0.717, 1.165) is 16.8 Å². The Labute approximate surface area is 115 Å². The molecule has 106 valence electrons. The maximum absolute atomic E-state index is 12.8. The minimum Gasteiger partial charge on any atom is -0.324 e. The van der Waals surface area contributed by atoms with E-state index in [-0.39, 0.29) is 17.3 Å². The first-order valence-corrected chi connectivity index (χ1v) is 5.61. The Kier molecular flexibility index (Phi) is 3.89. The van der Waals surface area contributed by atoms with E-state index < -0.39 is 17.6 Å². The molecule has 1 heterocycles. The zero-order valence-electron chi connectivity index (χ0n) is 9.73. The number of nitrogens with one attached hydrogen (secondary N) is 1. The van der Waals surface area contributed by atoms with Gasteiger partial charge in [0, 0.05) is 5.02 Å². The Morgan fingerprint density at radius 1 is 1.40 bits per heavy atom. The van der Waals surface area contributed by atoms with Crippen LogP contribution < -0.4 is 5.32 Å². The van der Waals surface area contributed by atoms with Crippen LogP contribution in [0.2, 0.25) is 5.02 Å². The van der Waals surface area contributed by atoms with Crippen molar-refractivity contribution < 1.29 is 18.0 Å². The van der Waals surface area contributed by atoms with Crippen molar-refractivity contribution in [2.75, 3.05) is 5.32 Å². The summed E-state index contributed by atoms with van der Waals surface area (Å²) in [6.07, 6.45) is -3.45. The first kappa shape index (κ1) is 14.3. The second-order valence-corrected chi connectivity index (χ2v) is 4.18. The van der Waals surface area contributed by atoms with E-state index in [1.54, 1.807) is 0 Å². The molecule has 0 aliphatic heterocycles. The lowest BCUT2D eigenvalue weighted by Gasteiger charge is -2.14. The van der Waals surface area contributed by atoms with Gasteiger partial charge in [-0.05, 0) is 28.6 Å². The average Bonchev–Trinajstić information content (AvgIpc) is 2.82. The number of carbonyl (C=O) groups is 1. The molecule has 2 aromatic rings. The molecule has 0 bridgehead atoms. The predicted molar refractivity (Wildman–Crippen MR) is 62.9 cm³/mol. The molecular weight excluding hydrogens is 299 g/mol. The molecule has 1 aromatic carbocycles. The van der Waals surface area contributed by atoms with E-state index in [9.17, 15) is 18.0 Å². The Morgan fingerprint density at radius 3 is 2.75 bits per heavy atom. The molecular formula is C10H7ClF3N5O. The summed E-state index contributed by atoms with van der Waals surface area (Å²) in [6, 6.07) is 3.08. The third-order valence-corrected chi connectivity index (χ3v) is 2.49. The minimum absolute atomic E-state index is 0.0733. The van der Waals surface area contributed by atoms with E-state index in [1.165, 1.54) is 12.4 Å². The van der Waals surface area contributed by atoms with Crippen molar-refractivity contribution in [3.8, 4) is 0 Å². The van der Waals surface area contributed by atoms with E-state index in [2.05, 4.69) is 20.8 Å². The van der Waals surface area contributed by atoms with Crippen LogP contribution in [0.3, 0.4) is 0 Å². The van der Waals surface area contributed by atoms with Crippen LogP contribution >= 0.6 is 11.6 Å². The Hall–Kier alpha value is -2.16. The number of halogens is 4. The molecule has 0 atom stereocenters. The molecule has 0 saturated carbocycles. The molecule has 0 fully saturated rings. The molecule has 2 rings (SSSR count). The van der Waals surface area contributed by atoms with Gasteiger partial charge in [-0.3, -0.25) is 4.79 Å². The minimum atomic E-state index is -4.62. The van der Waals surface area contributed by atoms with E-state index in [0.29, 0.717) is 0 Å². The highest BCUT2D eigenvalue weighted by Gasteiger charge is 2.34. The lowest BCUT2D eigenvalue weighted by molar-refractivity contribution is -0.137. The molecule has 1 amide bonds. The molecule has 0 spiro atoms. The highest BCUT2D eigenvalue weighted by Crippen LogP contribution is 2.36. The number of hydrogen-bond acceptors (Lipinski definition) is 4. The average molecular weight is 306 g/mol. The van der Waals surface area contributed by atoms with Crippen LogP contribution in [0.5, 0.6) is 0 Å². The number of amides is 1. The fraction of sp³-hybridized carbons (Fsp3) is 0.200. The van der Waals surface area contributed by atoms with Crippen molar-refractivity contribution in [1.29, 1.82) is 0 Å². The van der Waals surface area contributed by atoms with Crippen molar-refractivity contribution in [3.05, 3.63) is 35.1 Å². The van der Waals surface area contributed by atoms with Gasteiger partial charge in [0.15, 0.2) is 0 Å². The third kappa shape index (κ3) is 3.44. The number of anilines is 1. The lowest BCUT2D eigenvalue weighted by Crippen LogP contribution is -2.21. The van der Waals surface area contributed by atoms with Crippen molar-refractivity contribution >= 4 is 23.2 Å². The summed E-state index contributed by atoms with van der Waals surface area (Å²) >= 11 is 5.53. The van der Waals surface area contributed by atoms with Crippen molar-refractivity contribution in [2.24, 2.45) is 0 Å². The molecule has 20 heavy (non-hydrogen) atoms.